The zero-order valence-electron chi connectivity index (χ0n) is 14.9. The normalized spacial score (nSPS) is 11.0. The Balaban J connectivity index is 1.97. The van der Waals surface area contributed by atoms with Gasteiger partial charge >= 0.3 is 0 Å². The first-order valence-electron chi connectivity index (χ1n) is 8.63. The summed E-state index contributed by atoms with van der Waals surface area (Å²) in [7, 11) is 0. The van der Waals surface area contributed by atoms with Gasteiger partial charge in [-0.15, -0.1) is 0 Å². The fourth-order valence-electron chi connectivity index (χ4n) is 3.04. The van der Waals surface area contributed by atoms with Gasteiger partial charge in [0, 0.05) is 28.4 Å². The molecule has 0 radical (unpaired) electrons. The Hall–Kier alpha value is -3.83. The second-order valence-electron chi connectivity index (χ2n) is 6.02. The molecule has 1 aromatic heterocycles. The molecule has 0 fully saturated rings. The number of rotatable bonds is 5. The molecule has 0 saturated carbocycles. The van der Waals surface area contributed by atoms with Gasteiger partial charge in [0.2, 0.25) is 0 Å². The van der Waals surface area contributed by atoms with Crippen molar-refractivity contribution in [3.05, 3.63) is 71.4 Å². The largest absolute Gasteiger partial charge is 0.333 e. The summed E-state index contributed by atoms with van der Waals surface area (Å²) < 4.78 is 1.81. The summed E-state index contributed by atoms with van der Waals surface area (Å²) in [5.74, 6) is -0.449. The SMILES string of the molecule is CCc1ccccc1NC(=O)/C(C#N)=C\c1cn(CC#N)c2ccccc12. The van der Waals surface area contributed by atoms with Crippen LogP contribution in [0.2, 0.25) is 0 Å². The molecule has 3 rings (SSSR count). The molecular weight excluding hydrogens is 336 g/mol. The number of hydrogen-bond acceptors (Lipinski definition) is 3. The van der Waals surface area contributed by atoms with E-state index in [1.165, 1.54) is 0 Å². The van der Waals surface area contributed by atoms with Crippen molar-refractivity contribution in [2.24, 2.45) is 0 Å². The number of carbonyl (C=O) groups is 1. The van der Waals surface area contributed by atoms with Crippen LogP contribution in [0.3, 0.4) is 0 Å². The predicted molar refractivity (Wildman–Crippen MR) is 106 cm³/mol. The van der Waals surface area contributed by atoms with Crippen molar-refractivity contribution in [3.8, 4) is 12.1 Å². The number of aromatic nitrogens is 1. The quantitative estimate of drug-likeness (QED) is 0.548. The molecule has 1 heterocycles. The monoisotopic (exact) mass is 354 g/mol. The molecule has 0 atom stereocenters. The molecule has 27 heavy (non-hydrogen) atoms. The molecule has 5 nitrogen and oxygen atoms in total. The number of nitriles is 2. The second kappa shape index (κ2) is 8.03. The van der Waals surface area contributed by atoms with E-state index in [0.717, 1.165) is 28.5 Å². The molecule has 1 N–H and O–H groups in total. The molecule has 5 heteroatoms. The Morgan fingerprint density at radius 3 is 2.63 bits per heavy atom. The maximum absolute atomic E-state index is 12.6. The van der Waals surface area contributed by atoms with E-state index in [1.807, 2.05) is 61.5 Å². The van der Waals surface area contributed by atoms with Crippen molar-refractivity contribution in [1.29, 1.82) is 10.5 Å². The van der Waals surface area contributed by atoms with Crippen LogP contribution in [0.25, 0.3) is 17.0 Å². The molecule has 0 aliphatic rings. The molecule has 132 valence electrons. The van der Waals surface area contributed by atoms with Crippen LogP contribution in [0.1, 0.15) is 18.1 Å². The lowest BCUT2D eigenvalue weighted by molar-refractivity contribution is -0.112. The van der Waals surface area contributed by atoms with Crippen LogP contribution in [-0.2, 0) is 17.8 Å². The first-order chi connectivity index (χ1) is 13.2. The summed E-state index contributed by atoms with van der Waals surface area (Å²) in [6, 6.07) is 19.2. The summed E-state index contributed by atoms with van der Waals surface area (Å²) in [5, 5.41) is 22.2. The second-order valence-corrected chi connectivity index (χ2v) is 6.02. The molecule has 2 aromatic carbocycles. The minimum Gasteiger partial charge on any atom is -0.333 e. The number of amides is 1. The number of benzene rings is 2. The number of carbonyl (C=O) groups excluding carboxylic acids is 1. The lowest BCUT2D eigenvalue weighted by atomic mass is 10.1. The highest BCUT2D eigenvalue weighted by molar-refractivity contribution is 6.11. The highest BCUT2D eigenvalue weighted by Gasteiger charge is 2.13. The molecule has 0 spiro atoms. The van der Waals surface area contributed by atoms with E-state index >= 15 is 0 Å². The zero-order chi connectivity index (χ0) is 19.2. The van der Waals surface area contributed by atoms with Gasteiger partial charge in [-0.2, -0.15) is 10.5 Å². The standard InChI is InChI=1S/C22H18N4O/c1-2-16-7-3-5-9-20(16)25-22(27)17(14-24)13-18-15-26(12-11-23)21-10-6-4-8-19(18)21/h3-10,13,15H,2,12H2,1H3,(H,25,27)/b17-13-. The van der Waals surface area contributed by atoms with Gasteiger partial charge < -0.3 is 9.88 Å². The Bertz CT molecular complexity index is 1110. The van der Waals surface area contributed by atoms with E-state index < -0.39 is 5.91 Å². The zero-order valence-corrected chi connectivity index (χ0v) is 14.9. The Kier molecular flexibility index (Phi) is 5.35. The van der Waals surface area contributed by atoms with E-state index in [1.54, 1.807) is 16.8 Å². The maximum Gasteiger partial charge on any atom is 0.266 e. The van der Waals surface area contributed by atoms with Crippen LogP contribution < -0.4 is 5.32 Å². The number of nitrogens with zero attached hydrogens (tertiary/aromatic N) is 3. The molecule has 0 bridgehead atoms. The maximum atomic E-state index is 12.6. The molecule has 0 aliphatic heterocycles. The smallest absolute Gasteiger partial charge is 0.266 e. The summed E-state index contributed by atoms with van der Waals surface area (Å²) in [5.41, 5.74) is 3.35. The molecule has 3 aromatic rings. The van der Waals surface area contributed by atoms with Gasteiger partial charge in [0.1, 0.15) is 18.2 Å². The number of nitrogens with one attached hydrogen (secondary N) is 1. The van der Waals surface area contributed by atoms with E-state index in [4.69, 9.17) is 5.26 Å². The average molecular weight is 354 g/mol. The third-order valence-electron chi connectivity index (χ3n) is 4.37. The minimum atomic E-state index is -0.449. The number of fused-ring (bicyclic) bond motifs is 1. The predicted octanol–water partition coefficient (Wildman–Crippen LogP) is 4.27. The average Bonchev–Trinajstić information content (AvgIpc) is 3.04. The van der Waals surface area contributed by atoms with Gasteiger partial charge in [-0.1, -0.05) is 43.3 Å². The Morgan fingerprint density at radius 2 is 1.89 bits per heavy atom. The van der Waals surface area contributed by atoms with Gasteiger partial charge in [-0.3, -0.25) is 4.79 Å². The number of hydrogen-bond donors (Lipinski definition) is 1. The molecule has 0 aliphatic carbocycles. The van der Waals surface area contributed by atoms with Gasteiger partial charge in [-0.05, 0) is 30.2 Å². The molecule has 0 unspecified atom stereocenters. The summed E-state index contributed by atoms with van der Waals surface area (Å²) >= 11 is 0. The number of anilines is 1. The number of aryl methyl sites for hydroxylation is 1. The van der Waals surface area contributed by atoms with Crippen LogP contribution in [-0.4, -0.2) is 10.5 Å². The first kappa shape index (κ1) is 18.0. The molecule has 1 amide bonds. The topological polar surface area (TPSA) is 81.6 Å². The Labute approximate surface area is 157 Å². The molecular formula is C22H18N4O. The lowest BCUT2D eigenvalue weighted by Gasteiger charge is -2.08. The first-order valence-corrected chi connectivity index (χ1v) is 8.63. The third-order valence-corrected chi connectivity index (χ3v) is 4.37. The summed E-state index contributed by atoms with van der Waals surface area (Å²) in [6.45, 7) is 2.21. The third kappa shape index (κ3) is 3.73. The van der Waals surface area contributed by atoms with Gasteiger partial charge in [0.15, 0.2) is 0 Å². The van der Waals surface area contributed by atoms with Crippen LogP contribution in [0.5, 0.6) is 0 Å². The minimum absolute atomic E-state index is 0.0146. The van der Waals surface area contributed by atoms with Crippen LogP contribution >= 0.6 is 0 Å². The van der Waals surface area contributed by atoms with Crippen molar-refractivity contribution < 1.29 is 4.79 Å². The van der Waals surface area contributed by atoms with Crippen molar-refractivity contribution in [1.82, 2.24) is 4.57 Å². The van der Waals surface area contributed by atoms with Crippen LogP contribution in [0.15, 0.2) is 60.3 Å². The van der Waals surface area contributed by atoms with Gasteiger partial charge in [0.25, 0.3) is 5.91 Å². The van der Waals surface area contributed by atoms with E-state index in [9.17, 15) is 10.1 Å². The Morgan fingerprint density at radius 1 is 1.15 bits per heavy atom. The highest BCUT2D eigenvalue weighted by atomic mass is 16.1. The van der Waals surface area contributed by atoms with E-state index in [2.05, 4.69) is 11.4 Å². The van der Waals surface area contributed by atoms with Crippen molar-refractivity contribution in [3.63, 3.8) is 0 Å². The van der Waals surface area contributed by atoms with Gasteiger partial charge in [-0.25, -0.2) is 0 Å². The fraction of sp³-hybridized carbons (Fsp3) is 0.136. The molecule has 0 saturated heterocycles. The lowest BCUT2D eigenvalue weighted by Crippen LogP contribution is -2.14. The van der Waals surface area contributed by atoms with Crippen molar-refractivity contribution in [2.45, 2.75) is 19.9 Å². The van der Waals surface area contributed by atoms with Crippen LogP contribution in [0, 0.1) is 22.7 Å². The highest BCUT2D eigenvalue weighted by Crippen LogP contribution is 2.24. The van der Waals surface area contributed by atoms with E-state index in [-0.39, 0.29) is 12.1 Å². The summed E-state index contributed by atoms with van der Waals surface area (Å²) in [6.07, 6.45) is 4.14. The fourth-order valence-corrected chi connectivity index (χ4v) is 3.04. The van der Waals surface area contributed by atoms with Gasteiger partial charge in [0.05, 0.1) is 6.07 Å². The van der Waals surface area contributed by atoms with Crippen LogP contribution in [0.4, 0.5) is 5.69 Å². The van der Waals surface area contributed by atoms with Crippen molar-refractivity contribution >= 4 is 28.6 Å². The van der Waals surface area contributed by atoms with E-state index in [0.29, 0.717) is 5.69 Å². The summed E-state index contributed by atoms with van der Waals surface area (Å²) in [4.78, 5) is 12.6. The number of para-hydroxylation sites is 2. The van der Waals surface area contributed by atoms with Crippen molar-refractivity contribution in [2.75, 3.05) is 5.32 Å².